The summed E-state index contributed by atoms with van der Waals surface area (Å²) >= 11 is 1.63. The summed E-state index contributed by atoms with van der Waals surface area (Å²) in [6.45, 7) is 6.25. The van der Waals surface area contributed by atoms with Gasteiger partial charge in [0.2, 0.25) is 5.91 Å². The number of carbonyl (C=O) groups is 1. The van der Waals surface area contributed by atoms with Crippen molar-refractivity contribution in [1.29, 1.82) is 0 Å². The molecule has 0 aromatic heterocycles. The number of hydrogen-bond acceptors (Lipinski definition) is 3. The average molecular weight is 281 g/mol. The summed E-state index contributed by atoms with van der Waals surface area (Å²) < 4.78 is 5.11. The van der Waals surface area contributed by atoms with Crippen LogP contribution >= 0.6 is 11.8 Å². The van der Waals surface area contributed by atoms with Crippen LogP contribution in [0.2, 0.25) is 0 Å². The molecule has 1 rings (SSSR count). The van der Waals surface area contributed by atoms with Crippen LogP contribution in [-0.2, 0) is 10.5 Å². The molecule has 106 valence electrons. The van der Waals surface area contributed by atoms with E-state index in [0.717, 1.165) is 11.5 Å². The molecule has 0 spiro atoms. The predicted octanol–water partition coefficient (Wildman–Crippen LogP) is 3.09. The lowest BCUT2D eigenvalue weighted by Gasteiger charge is -2.17. The van der Waals surface area contributed by atoms with Crippen molar-refractivity contribution in [1.82, 2.24) is 5.32 Å². The van der Waals surface area contributed by atoms with Gasteiger partial charge in [-0.3, -0.25) is 4.79 Å². The van der Waals surface area contributed by atoms with Crippen LogP contribution in [0.3, 0.4) is 0 Å². The van der Waals surface area contributed by atoms with Crippen molar-refractivity contribution in [3.8, 4) is 5.75 Å². The molecule has 1 N–H and O–H groups in total. The highest BCUT2D eigenvalue weighted by molar-refractivity contribution is 7.99. The Morgan fingerprint density at radius 3 is 2.42 bits per heavy atom. The number of hydrogen-bond donors (Lipinski definition) is 1. The van der Waals surface area contributed by atoms with Gasteiger partial charge < -0.3 is 10.1 Å². The molecule has 0 fully saturated rings. The number of carbonyl (C=O) groups excluding carboxylic acids is 1. The van der Waals surface area contributed by atoms with Crippen molar-refractivity contribution in [3.63, 3.8) is 0 Å². The number of rotatable bonds is 7. The smallest absolute Gasteiger partial charge is 0.230 e. The largest absolute Gasteiger partial charge is 0.497 e. The van der Waals surface area contributed by atoms with Gasteiger partial charge in [0.25, 0.3) is 0 Å². The first kappa shape index (κ1) is 15.9. The Morgan fingerprint density at radius 1 is 1.26 bits per heavy atom. The minimum Gasteiger partial charge on any atom is -0.497 e. The topological polar surface area (TPSA) is 38.3 Å². The van der Waals surface area contributed by atoms with Gasteiger partial charge in [-0.05, 0) is 30.5 Å². The monoisotopic (exact) mass is 281 g/mol. The van der Waals surface area contributed by atoms with Crippen LogP contribution in [0.5, 0.6) is 5.75 Å². The summed E-state index contributed by atoms with van der Waals surface area (Å²) in [5, 5.41) is 3.00. The third-order valence-corrected chi connectivity index (χ3v) is 4.05. The van der Waals surface area contributed by atoms with E-state index in [0.29, 0.717) is 11.7 Å². The molecule has 1 aromatic carbocycles. The van der Waals surface area contributed by atoms with Gasteiger partial charge >= 0.3 is 0 Å². The first-order chi connectivity index (χ1) is 9.02. The van der Waals surface area contributed by atoms with E-state index in [1.54, 1.807) is 18.9 Å². The molecule has 0 aliphatic carbocycles. The molecule has 3 nitrogen and oxygen atoms in total. The number of benzene rings is 1. The standard InChI is InChI=1S/C15H23NO2S/c1-11(2)12(3)16-15(17)10-19-9-13-5-7-14(18-4)8-6-13/h5-8,11-12H,9-10H2,1-4H3,(H,16,17)/t12-/m1/s1. The molecule has 1 amide bonds. The van der Waals surface area contributed by atoms with E-state index in [9.17, 15) is 4.79 Å². The minimum atomic E-state index is 0.111. The quantitative estimate of drug-likeness (QED) is 0.834. The summed E-state index contributed by atoms with van der Waals surface area (Å²) in [6, 6.07) is 8.17. The van der Waals surface area contributed by atoms with Crippen LogP contribution in [0.25, 0.3) is 0 Å². The van der Waals surface area contributed by atoms with Crippen molar-refractivity contribution >= 4 is 17.7 Å². The predicted molar refractivity (Wildman–Crippen MR) is 81.6 cm³/mol. The van der Waals surface area contributed by atoms with Crippen LogP contribution in [0.1, 0.15) is 26.3 Å². The summed E-state index contributed by atoms with van der Waals surface area (Å²) in [6.07, 6.45) is 0. The maximum absolute atomic E-state index is 11.7. The SMILES string of the molecule is COc1ccc(CSCC(=O)N[C@H](C)C(C)C)cc1. The number of methoxy groups -OCH3 is 1. The van der Waals surface area contributed by atoms with Gasteiger partial charge in [-0.15, -0.1) is 11.8 Å². The highest BCUT2D eigenvalue weighted by Gasteiger charge is 2.10. The zero-order valence-electron chi connectivity index (χ0n) is 12.1. The van der Waals surface area contributed by atoms with Crippen LogP contribution < -0.4 is 10.1 Å². The molecular weight excluding hydrogens is 258 g/mol. The normalized spacial score (nSPS) is 12.3. The van der Waals surface area contributed by atoms with E-state index in [1.807, 2.05) is 31.2 Å². The molecule has 0 saturated heterocycles. The molecule has 0 unspecified atom stereocenters. The number of nitrogens with one attached hydrogen (secondary N) is 1. The van der Waals surface area contributed by atoms with Gasteiger partial charge in [-0.25, -0.2) is 0 Å². The Labute approximate surface area is 120 Å². The summed E-state index contributed by atoms with van der Waals surface area (Å²) in [5.41, 5.74) is 1.20. The van der Waals surface area contributed by atoms with Gasteiger partial charge in [0.15, 0.2) is 0 Å². The lowest BCUT2D eigenvalue weighted by atomic mass is 10.1. The van der Waals surface area contributed by atoms with Crippen molar-refractivity contribution in [2.24, 2.45) is 5.92 Å². The number of ether oxygens (including phenoxy) is 1. The molecule has 0 radical (unpaired) electrons. The molecule has 0 aliphatic rings. The molecule has 0 bridgehead atoms. The van der Waals surface area contributed by atoms with Crippen molar-refractivity contribution in [3.05, 3.63) is 29.8 Å². The highest BCUT2D eigenvalue weighted by atomic mass is 32.2. The third-order valence-electron chi connectivity index (χ3n) is 3.05. The van der Waals surface area contributed by atoms with Gasteiger partial charge in [0.1, 0.15) is 5.75 Å². The van der Waals surface area contributed by atoms with E-state index < -0.39 is 0 Å². The first-order valence-corrected chi connectivity index (χ1v) is 7.68. The Morgan fingerprint density at radius 2 is 1.89 bits per heavy atom. The van der Waals surface area contributed by atoms with Gasteiger partial charge in [-0.2, -0.15) is 0 Å². The van der Waals surface area contributed by atoms with Crippen molar-refractivity contribution in [2.75, 3.05) is 12.9 Å². The van der Waals surface area contributed by atoms with E-state index in [4.69, 9.17) is 4.74 Å². The second kappa shape index (κ2) is 8.10. The van der Waals surface area contributed by atoms with E-state index >= 15 is 0 Å². The molecule has 0 aliphatic heterocycles. The molecule has 0 heterocycles. The van der Waals surface area contributed by atoms with Gasteiger partial charge in [-0.1, -0.05) is 26.0 Å². The lowest BCUT2D eigenvalue weighted by molar-refractivity contribution is -0.119. The van der Waals surface area contributed by atoms with Gasteiger partial charge in [0.05, 0.1) is 12.9 Å². The molecule has 1 aromatic rings. The van der Waals surface area contributed by atoms with E-state index in [2.05, 4.69) is 19.2 Å². The fraction of sp³-hybridized carbons (Fsp3) is 0.533. The number of amides is 1. The van der Waals surface area contributed by atoms with Crippen molar-refractivity contribution in [2.45, 2.75) is 32.6 Å². The Hall–Kier alpha value is -1.16. The number of thioether (sulfide) groups is 1. The van der Waals surface area contributed by atoms with Crippen LogP contribution in [-0.4, -0.2) is 24.8 Å². The molecule has 19 heavy (non-hydrogen) atoms. The Bertz CT molecular complexity index is 390. The zero-order valence-corrected chi connectivity index (χ0v) is 12.9. The molecule has 1 atom stereocenters. The summed E-state index contributed by atoms with van der Waals surface area (Å²) in [7, 11) is 1.66. The van der Waals surface area contributed by atoms with Gasteiger partial charge in [0, 0.05) is 11.8 Å². The van der Waals surface area contributed by atoms with Crippen LogP contribution in [0.4, 0.5) is 0 Å². The second-order valence-electron chi connectivity index (χ2n) is 4.94. The van der Waals surface area contributed by atoms with Crippen LogP contribution in [0, 0.1) is 5.92 Å². The fourth-order valence-electron chi connectivity index (χ4n) is 1.45. The second-order valence-corrected chi connectivity index (χ2v) is 5.93. The molecule has 4 heteroatoms. The van der Waals surface area contributed by atoms with Crippen molar-refractivity contribution < 1.29 is 9.53 Å². The Kier molecular flexibility index (Phi) is 6.78. The average Bonchev–Trinajstić information content (AvgIpc) is 2.39. The van der Waals surface area contributed by atoms with E-state index in [-0.39, 0.29) is 11.9 Å². The molecular formula is C15H23NO2S. The summed E-state index contributed by atoms with van der Waals surface area (Å²) in [4.78, 5) is 11.7. The van der Waals surface area contributed by atoms with E-state index in [1.165, 1.54) is 5.56 Å². The highest BCUT2D eigenvalue weighted by Crippen LogP contribution is 2.16. The van der Waals surface area contributed by atoms with Crippen LogP contribution in [0.15, 0.2) is 24.3 Å². The third kappa shape index (κ3) is 6.01. The lowest BCUT2D eigenvalue weighted by Crippen LogP contribution is -2.37. The Balaban J connectivity index is 2.27. The maximum Gasteiger partial charge on any atom is 0.230 e. The summed E-state index contributed by atoms with van der Waals surface area (Å²) in [5.74, 6) is 2.78. The molecule has 0 saturated carbocycles. The maximum atomic E-state index is 11.7. The minimum absolute atomic E-state index is 0.111. The first-order valence-electron chi connectivity index (χ1n) is 6.53. The zero-order chi connectivity index (χ0) is 14.3. The fourth-order valence-corrected chi connectivity index (χ4v) is 2.24.